The van der Waals surface area contributed by atoms with Gasteiger partial charge in [0.25, 0.3) is 0 Å². The summed E-state index contributed by atoms with van der Waals surface area (Å²) in [6.07, 6.45) is 1.63. The Bertz CT molecular complexity index is 626. The van der Waals surface area contributed by atoms with Crippen molar-refractivity contribution in [1.29, 1.82) is 0 Å². The molecular weight excluding hydrogens is 455 g/mol. The van der Waals surface area contributed by atoms with E-state index < -0.39 is 11.7 Å². The zero-order chi connectivity index (χ0) is 19.2. The van der Waals surface area contributed by atoms with E-state index in [0.29, 0.717) is 6.04 Å². The van der Waals surface area contributed by atoms with Gasteiger partial charge in [0, 0.05) is 24.8 Å². The van der Waals surface area contributed by atoms with Gasteiger partial charge in [0.2, 0.25) is 0 Å². The molecule has 0 spiro atoms. The fourth-order valence-corrected chi connectivity index (χ4v) is 2.49. The van der Waals surface area contributed by atoms with Crippen LogP contribution in [0, 0.1) is 5.92 Å². The molecule has 6 nitrogen and oxygen atoms in total. The number of rotatable bonds is 6. The molecule has 0 aliphatic heterocycles. The van der Waals surface area contributed by atoms with Crippen LogP contribution < -0.4 is 16.0 Å². The minimum absolute atomic E-state index is 0. The van der Waals surface area contributed by atoms with Gasteiger partial charge in [0.1, 0.15) is 5.60 Å². The third-order valence-electron chi connectivity index (χ3n) is 4.05. The third-order valence-corrected chi connectivity index (χ3v) is 4.05. The molecule has 0 saturated heterocycles. The number of aliphatic imine (C=N–C) groups is 1. The average molecular weight is 488 g/mol. The number of nitrogens with zero attached hydrogens (tertiary/aromatic N) is 1. The number of guanidine groups is 1. The summed E-state index contributed by atoms with van der Waals surface area (Å²) in [4.78, 5) is 16.4. The van der Waals surface area contributed by atoms with Gasteiger partial charge in [-0.3, -0.25) is 10.3 Å². The summed E-state index contributed by atoms with van der Waals surface area (Å²) in [5, 5.41) is 9.48. The van der Waals surface area contributed by atoms with E-state index in [1.165, 1.54) is 12.0 Å². The minimum Gasteiger partial charge on any atom is -0.444 e. The monoisotopic (exact) mass is 488 g/mol. The van der Waals surface area contributed by atoms with Gasteiger partial charge in [-0.15, -0.1) is 24.0 Å². The topological polar surface area (TPSA) is 74.8 Å². The minimum atomic E-state index is -0.501. The normalized spacial score (nSPS) is 18.9. The Labute approximate surface area is 179 Å². The predicted octanol–water partition coefficient (Wildman–Crippen LogP) is 4.16. The molecule has 1 amide bonds. The van der Waals surface area contributed by atoms with Gasteiger partial charge in [-0.1, -0.05) is 19.1 Å². The highest BCUT2D eigenvalue weighted by atomic mass is 127. The van der Waals surface area contributed by atoms with Crippen molar-refractivity contribution >= 4 is 41.7 Å². The van der Waals surface area contributed by atoms with E-state index in [1.54, 1.807) is 0 Å². The summed E-state index contributed by atoms with van der Waals surface area (Å²) in [6, 6.07) is 8.35. The summed E-state index contributed by atoms with van der Waals surface area (Å²) in [5.74, 6) is 1.63. The van der Waals surface area contributed by atoms with Crippen LogP contribution in [-0.4, -0.2) is 36.8 Å². The van der Waals surface area contributed by atoms with Crippen molar-refractivity contribution in [3.63, 3.8) is 0 Å². The first-order valence-corrected chi connectivity index (χ1v) is 9.40. The SMILES string of the molecule is CCNC(=NCCc1ccc(NC(=O)OC(C)(C)C)cc1)NC1CC1C.I. The van der Waals surface area contributed by atoms with E-state index in [4.69, 9.17) is 4.74 Å². The van der Waals surface area contributed by atoms with Gasteiger partial charge in [-0.05, 0) is 64.2 Å². The number of carbonyl (C=O) groups excluding carboxylic acids is 1. The summed E-state index contributed by atoms with van der Waals surface area (Å²) in [7, 11) is 0. The molecule has 1 fully saturated rings. The first-order valence-electron chi connectivity index (χ1n) is 9.40. The van der Waals surface area contributed by atoms with Gasteiger partial charge in [-0.2, -0.15) is 0 Å². The molecule has 1 aromatic rings. The number of hydrogen-bond acceptors (Lipinski definition) is 3. The van der Waals surface area contributed by atoms with Crippen LogP contribution in [0.2, 0.25) is 0 Å². The molecule has 3 N–H and O–H groups in total. The molecule has 1 aliphatic rings. The van der Waals surface area contributed by atoms with E-state index in [0.717, 1.165) is 37.1 Å². The van der Waals surface area contributed by atoms with Crippen molar-refractivity contribution in [1.82, 2.24) is 10.6 Å². The molecule has 0 heterocycles. The fraction of sp³-hybridized carbons (Fsp3) is 0.600. The van der Waals surface area contributed by atoms with E-state index in [-0.39, 0.29) is 24.0 Å². The van der Waals surface area contributed by atoms with E-state index in [2.05, 4.69) is 34.8 Å². The molecule has 1 saturated carbocycles. The Morgan fingerprint density at radius 1 is 1.26 bits per heavy atom. The van der Waals surface area contributed by atoms with Crippen LogP contribution in [0.15, 0.2) is 29.3 Å². The lowest BCUT2D eigenvalue weighted by atomic mass is 10.1. The number of carbonyl (C=O) groups is 1. The molecule has 27 heavy (non-hydrogen) atoms. The quantitative estimate of drug-likeness (QED) is 0.320. The lowest BCUT2D eigenvalue weighted by Gasteiger charge is -2.19. The summed E-state index contributed by atoms with van der Waals surface area (Å²) in [5.41, 5.74) is 1.40. The first-order chi connectivity index (χ1) is 12.3. The predicted molar refractivity (Wildman–Crippen MR) is 122 cm³/mol. The highest BCUT2D eigenvalue weighted by Crippen LogP contribution is 2.28. The molecule has 0 aromatic heterocycles. The van der Waals surface area contributed by atoms with E-state index >= 15 is 0 Å². The zero-order valence-corrected chi connectivity index (χ0v) is 19.3. The molecule has 2 unspecified atom stereocenters. The Kier molecular flexibility index (Phi) is 9.35. The lowest BCUT2D eigenvalue weighted by Crippen LogP contribution is -2.39. The molecule has 2 rings (SSSR count). The Balaban J connectivity index is 0.00000364. The van der Waals surface area contributed by atoms with Crippen LogP contribution in [0.3, 0.4) is 0 Å². The smallest absolute Gasteiger partial charge is 0.412 e. The highest BCUT2D eigenvalue weighted by molar-refractivity contribution is 14.0. The maximum atomic E-state index is 11.8. The van der Waals surface area contributed by atoms with Gasteiger partial charge < -0.3 is 15.4 Å². The molecule has 2 atom stereocenters. The largest absolute Gasteiger partial charge is 0.444 e. The van der Waals surface area contributed by atoms with Gasteiger partial charge in [0.05, 0.1) is 0 Å². The van der Waals surface area contributed by atoms with E-state index in [9.17, 15) is 4.79 Å². The fourth-order valence-electron chi connectivity index (χ4n) is 2.49. The van der Waals surface area contributed by atoms with Crippen LogP contribution in [0.4, 0.5) is 10.5 Å². The molecule has 1 aliphatic carbocycles. The molecule has 0 bridgehead atoms. The van der Waals surface area contributed by atoms with Crippen LogP contribution >= 0.6 is 24.0 Å². The standard InChI is InChI=1S/C20H32N4O2.HI/c1-6-21-18(24-17-13-14(17)2)22-12-11-15-7-9-16(10-8-15)23-19(25)26-20(3,4)5;/h7-10,14,17H,6,11-13H2,1-5H3,(H,23,25)(H2,21,22,24);1H. The average Bonchev–Trinajstić information content (AvgIpc) is 3.22. The van der Waals surface area contributed by atoms with Crippen LogP contribution in [0.1, 0.15) is 46.6 Å². The summed E-state index contributed by atoms with van der Waals surface area (Å²) < 4.78 is 5.25. The molecule has 0 radical (unpaired) electrons. The summed E-state index contributed by atoms with van der Waals surface area (Å²) >= 11 is 0. The first kappa shape index (κ1) is 23.5. The second-order valence-corrected chi connectivity index (χ2v) is 7.80. The lowest BCUT2D eigenvalue weighted by molar-refractivity contribution is 0.0636. The maximum absolute atomic E-state index is 11.8. The van der Waals surface area contributed by atoms with Gasteiger partial charge in [0.15, 0.2) is 5.96 Å². The van der Waals surface area contributed by atoms with Crippen molar-refractivity contribution in [2.75, 3.05) is 18.4 Å². The van der Waals surface area contributed by atoms with Gasteiger partial charge in [-0.25, -0.2) is 4.79 Å². The van der Waals surface area contributed by atoms with Crippen molar-refractivity contribution in [2.24, 2.45) is 10.9 Å². The Hall–Kier alpha value is -1.51. The van der Waals surface area contributed by atoms with Crippen LogP contribution in [0.5, 0.6) is 0 Å². The second-order valence-electron chi connectivity index (χ2n) is 7.80. The Morgan fingerprint density at radius 3 is 2.41 bits per heavy atom. The molecule has 7 heteroatoms. The Morgan fingerprint density at radius 2 is 1.89 bits per heavy atom. The third kappa shape index (κ3) is 9.30. The van der Waals surface area contributed by atoms with Crippen molar-refractivity contribution in [3.05, 3.63) is 29.8 Å². The number of benzene rings is 1. The van der Waals surface area contributed by atoms with E-state index in [1.807, 2.05) is 45.0 Å². The number of hydrogen-bond donors (Lipinski definition) is 3. The summed E-state index contributed by atoms with van der Waals surface area (Å²) in [6.45, 7) is 11.4. The van der Waals surface area contributed by atoms with Gasteiger partial charge >= 0.3 is 6.09 Å². The number of ether oxygens (including phenoxy) is 1. The van der Waals surface area contributed by atoms with Crippen LogP contribution in [-0.2, 0) is 11.2 Å². The number of halogens is 1. The maximum Gasteiger partial charge on any atom is 0.412 e. The molecule has 152 valence electrons. The zero-order valence-electron chi connectivity index (χ0n) is 17.0. The number of anilines is 1. The second kappa shape index (κ2) is 10.7. The molecule has 1 aromatic carbocycles. The van der Waals surface area contributed by atoms with Crippen LogP contribution in [0.25, 0.3) is 0 Å². The number of nitrogens with one attached hydrogen (secondary N) is 3. The molecular formula is C20H33IN4O2. The van der Waals surface area contributed by atoms with Crippen molar-refractivity contribution in [3.8, 4) is 0 Å². The van der Waals surface area contributed by atoms with Crippen molar-refractivity contribution in [2.45, 2.75) is 59.1 Å². The highest BCUT2D eigenvalue weighted by Gasteiger charge is 2.33. The van der Waals surface area contributed by atoms with Crippen molar-refractivity contribution < 1.29 is 9.53 Å². The number of amides is 1.